The summed E-state index contributed by atoms with van der Waals surface area (Å²) in [5, 5.41) is 12.9. The lowest BCUT2D eigenvalue weighted by Gasteiger charge is -2.15. The molecule has 0 spiro atoms. The predicted octanol–water partition coefficient (Wildman–Crippen LogP) is 8.04. The van der Waals surface area contributed by atoms with E-state index in [-0.39, 0.29) is 5.57 Å². The Bertz CT molecular complexity index is 1290. The molecule has 0 atom stereocenters. The van der Waals surface area contributed by atoms with Gasteiger partial charge < -0.3 is 14.8 Å². The van der Waals surface area contributed by atoms with Gasteiger partial charge in [0, 0.05) is 15.7 Å². The molecule has 1 N–H and O–H groups in total. The summed E-state index contributed by atoms with van der Waals surface area (Å²) in [5.74, 6) is 0.426. The molecule has 1 amide bonds. The first kappa shape index (κ1) is 26.1. The summed E-state index contributed by atoms with van der Waals surface area (Å²) in [6.07, 6.45) is 1.47. The molecule has 0 aliphatic heterocycles. The third-order valence-corrected chi connectivity index (χ3v) is 6.62. The molecular formula is C25H18Br2Cl2N2O3. The Hall–Kier alpha value is -2.50. The van der Waals surface area contributed by atoms with Crippen LogP contribution in [-0.4, -0.2) is 12.5 Å². The van der Waals surface area contributed by atoms with Crippen molar-refractivity contribution < 1.29 is 14.3 Å². The second kappa shape index (κ2) is 12.3. The van der Waals surface area contributed by atoms with E-state index in [1.54, 1.807) is 24.3 Å². The molecule has 9 heteroatoms. The molecular weight excluding hydrogens is 607 g/mol. The van der Waals surface area contributed by atoms with Crippen LogP contribution in [0.15, 0.2) is 69.1 Å². The Morgan fingerprint density at radius 1 is 1.06 bits per heavy atom. The normalized spacial score (nSPS) is 11.0. The fourth-order valence-corrected chi connectivity index (χ4v) is 4.20. The molecule has 174 valence electrons. The highest BCUT2D eigenvalue weighted by Gasteiger charge is 2.15. The van der Waals surface area contributed by atoms with E-state index in [1.165, 1.54) is 12.1 Å². The minimum atomic E-state index is -0.579. The Kier molecular flexibility index (Phi) is 9.43. The number of halogens is 4. The molecule has 0 aliphatic carbocycles. The molecule has 0 heterocycles. The van der Waals surface area contributed by atoms with Gasteiger partial charge in [-0.2, -0.15) is 5.26 Å². The highest BCUT2D eigenvalue weighted by atomic mass is 79.9. The van der Waals surface area contributed by atoms with Gasteiger partial charge in [0.05, 0.1) is 21.1 Å². The van der Waals surface area contributed by atoms with E-state index in [0.717, 1.165) is 10.0 Å². The molecule has 0 aromatic heterocycles. The van der Waals surface area contributed by atoms with Gasteiger partial charge in [-0.1, -0.05) is 57.3 Å². The summed E-state index contributed by atoms with van der Waals surface area (Å²) in [6, 6.07) is 17.8. The lowest BCUT2D eigenvalue weighted by molar-refractivity contribution is -0.112. The van der Waals surface area contributed by atoms with Crippen molar-refractivity contribution in [3.05, 3.63) is 90.3 Å². The first-order valence-corrected chi connectivity index (χ1v) is 12.4. The number of rotatable bonds is 8. The van der Waals surface area contributed by atoms with E-state index in [2.05, 4.69) is 37.2 Å². The van der Waals surface area contributed by atoms with Crippen LogP contribution < -0.4 is 14.8 Å². The Morgan fingerprint density at radius 2 is 1.82 bits per heavy atom. The molecule has 3 aromatic carbocycles. The fourth-order valence-electron chi connectivity index (χ4n) is 2.93. The topological polar surface area (TPSA) is 71.3 Å². The maximum atomic E-state index is 12.6. The van der Waals surface area contributed by atoms with Gasteiger partial charge in [-0.3, -0.25) is 4.79 Å². The number of carbonyl (C=O) groups is 1. The zero-order valence-electron chi connectivity index (χ0n) is 17.9. The van der Waals surface area contributed by atoms with Crippen LogP contribution >= 0.6 is 55.1 Å². The largest absolute Gasteiger partial charge is 0.490 e. The third-order valence-electron chi connectivity index (χ3n) is 4.52. The lowest BCUT2D eigenvalue weighted by atomic mass is 10.1. The monoisotopic (exact) mass is 622 g/mol. The summed E-state index contributed by atoms with van der Waals surface area (Å²) in [7, 11) is 0. The molecule has 0 bridgehead atoms. The van der Waals surface area contributed by atoms with E-state index in [0.29, 0.717) is 50.5 Å². The molecule has 34 heavy (non-hydrogen) atoms. The fraction of sp³-hybridized carbons (Fsp3) is 0.120. The smallest absolute Gasteiger partial charge is 0.266 e. The average Bonchev–Trinajstić information content (AvgIpc) is 2.80. The van der Waals surface area contributed by atoms with E-state index in [1.807, 2.05) is 37.3 Å². The van der Waals surface area contributed by atoms with Gasteiger partial charge in [0.2, 0.25) is 0 Å². The quantitative estimate of drug-likeness (QED) is 0.203. The molecule has 3 aromatic rings. The number of nitrogens with one attached hydrogen (secondary N) is 1. The van der Waals surface area contributed by atoms with Crippen LogP contribution in [0.5, 0.6) is 11.5 Å². The summed E-state index contributed by atoms with van der Waals surface area (Å²) in [6.45, 7) is 2.60. The SMILES string of the molecule is CCOc1cc(/C=C(\C#N)C(=O)Nc2ccc(Cl)c(Cl)c2)cc(Br)c1OCc1ccccc1Br. The van der Waals surface area contributed by atoms with Crippen LogP contribution in [0.3, 0.4) is 0 Å². The molecule has 0 aliphatic rings. The second-order valence-electron chi connectivity index (χ2n) is 6.90. The van der Waals surface area contributed by atoms with Crippen LogP contribution in [0, 0.1) is 11.3 Å². The standard InChI is InChI=1S/C25H18Br2Cl2N2O3/c1-2-33-23-11-15(10-20(27)24(23)34-14-16-5-3-4-6-19(16)26)9-17(13-30)25(32)31-18-7-8-21(28)22(29)12-18/h3-12H,2,14H2,1H3,(H,31,32)/b17-9+. The first-order valence-electron chi connectivity index (χ1n) is 10.0. The zero-order chi connectivity index (χ0) is 24.7. The van der Waals surface area contributed by atoms with Crippen molar-refractivity contribution >= 4 is 72.7 Å². The highest BCUT2D eigenvalue weighted by Crippen LogP contribution is 2.38. The number of nitrogens with zero attached hydrogens (tertiary/aromatic N) is 1. The summed E-state index contributed by atoms with van der Waals surface area (Å²) in [5.41, 5.74) is 1.89. The van der Waals surface area contributed by atoms with Crippen molar-refractivity contribution in [1.29, 1.82) is 5.26 Å². The van der Waals surface area contributed by atoms with Crippen molar-refractivity contribution in [3.63, 3.8) is 0 Å². The Labute approximate surface area is 224 Å². The van der Waals surface area contributed by atoms with Crippen LogP contribution in [0.2, 0.25) is 10.0 Å². The van der Waals surface area contributed by atoms with Crippen molar-refractivity contribution in [1.82, 2.24) is 0 Å². The number of ether oxygens (including phenoxy) is 2. The van der Waals surface area contributed by atoms with Crippen molar-refractivity contribution in [2.24, 2.45) is 0 Å². The number of nitriles is 1. The molecule has 0 radical (unpaired) electrons. The molecule has 0 unspecified atom stereocenters. The number of benzene rings is 3. The highest BCUT2D eigenvalue weighted by molar-refractivity contribution is 9.10. The number of hydrogen-bond acceptors (Lipinski definition) is 4. The minimum absolute atomic E-state index is 0.0951. The summed E-state index contributed by atoms with van der Waals surface area (Å²) < 4.78 is 13.4. The molecule has 5 nitrogen and oxygen atoms in total. The van der Waals surface area contributed by atoms with Crippen LogP contribution in [0.25, 0.3) is 6.08 Å². The van der Waals surface area contributed by atoms with Crippen LogP contribution in [0.1, 0.15) is 18.1 Å². The number of amides is 1. The number of hydrogen-bond donors (Lipinski definition) is 1. The van der Waals surface area contributed by atoms with Gasteiger partial charge in [0.1, 0.15) is 18.2 Å². The minimum Gasteiger partial charge on any atom is -0.490 e. The number of anilines is 1. The molecule has 3 rings (SSSR count). The molecule has 0 fully saturated rings. The zero-order valence-corrected chi connectivity index (χ0v) is 22.6. The molecule has 0 saturated heterocycles. The van der Waals surface area contributed by atoms with Crippen LogP contribution in [0.4, 0.5) is 5.69 Å². The Balaban J connectivity index is 1.86. The predicted molar refractivity (Wildman–Crippen MR) is 142 cm³/mol. The van der Waals surface area contributed by atoms with Gasteiger partial charge in [-0.15, -0.1) is 0 Å². The maximum Gasteiger partial charge on any atom is 0.266 e. The lowest BCUT2D eigenvalue weighted by Crippen LogP contribution is -2.13. The van der Waals surface area contributed by atoms with Crippen molar-refractivity contribution in [2.75, 3.05) is 11.9 Å². The maximum absolute atomic E-state index is 12.6. The van der Waals surface area contributed by atoms with Gasteiger partial charge in [0.15, 0.2) is 11.5 Å². The average molecular weight is 625 g/mol. The summed E-state index contributed by atoms with van der Waals surface area (Å²) in [4.78, 5) is 12.6. The second-order valence-corrected chi connectivity index (χ2v) is 9.42. The van der Waals surface area contributed by atoms with E-state index < -0.39 is 5.91 Å². The van der Waals surface area contributed by atoms with Gasteiger partial charge in [-0.25, -0.2) is 0 Å². The summed E-state index contributed by atoms with van der Waals surface area (Å²) >= 11 is 18.9. The van der Waals surface area contributed by atoms with E-state index in [9.17, 15) is 10.1 Å². The van der Waals surface area contributed by atoms with Gasteiger partial charge >= 0.3 is 0 Å². The van der Waals surface area contributed by atoms with Crippen LogP contribution in [-0.2, 0) is 11.4 Å². The first-order chi connectivity index (χ1) is 16.3. The Morgan fingerprint density at radius 3 is 2.50 bits per heavy atom. The van der Waals surface area contributed by atoms with E-state index in [4.69, 9.17) is 32.7 Å². The van der Waals surface area contributed by atoms with Crippen molar-refractivity contribution in [3.8, 4) is 17.6 Å². The van der Waals surface area contributed by atoms with Gasteiger partial charge in [0.25, 0.3) is 5.91 Å². The third kappa shape index (κ3) is 6.77. The van der Waals surface area contributed by atoms with Gasteiger partial charge in [-0.05, 0) is 70.9 Å². The number of carbonyl (C=O) groups excluding carboxylic acids is 1. The molecule has 0 saturated carbocycles. The van der Waals surface area contributed by atoms with Crippen molar-refractivity contribution in [2.45, 2.75) is 13.5 Å². The van der Waals surface area contributed by atoms with E-state index >= 15 is 0 Å².